The molecular formula is C26H26N2O8S. The zero-order valence-electron chi connectivity index (χ0n) is 20.2. The molecule has 8 unspecified atom stereocenters. The van der Waals surface area contributed by atoms with Crippen LogP contribution in [0.2, 0.25) is 0 Å². The minimum absolute atomic E-state index is 0.114. The Labute approximate surface area is 215 Å². The first-order chi connectivity index (χ1) is 17.3. The van der Waals surface area contributed by atoms with E-state index in [1.54, 1.807) is 13.0 Å². The number of rotatable bonds is 3. The zero-order chi connectivity index (χ0) is 27.1. The van der Waals surface area contributed by atoms with Crippen molar-refractivity contribution in [3.63, 3.8) is 0 Å². The number of ketones is 4. The lowest BCUT2D eigenvalue weighted by atomic mass is 9.49. The van der Waals surface area contributed by atoms with Gasteiger partial charge < -0.3 is 21.1 Å². The molecule has 5 N–H and O–H groups in total. The standard InChI is InChI=1S/C26H26N2O8S/c1-9-13-10(12-5-4-8-37-12)6-7-11(29)15(13)20(30)16-14(9)21(31)18-19(28(2)3)22(32)17(25(27)35)24(34)26(18,36)23(16)33/h4-9,14,16-19,21,29,31,36H,1-3H3,(H2,27,35). The highest BCUT2D eigenvalue weighted by molar-refractivity contribution is 7.13. The Bertz CT molecular complexity index is 1370. The molecular weight excluding hydrogens is 500 g/mol. The van der Waals surface area contributed by atoms with Crippen LogP contribution in [-0.4, -0.2) is 81.1 Å². The maximum atomic E-state index is 13.9. The topological polar surface area (TPSA) is 175 Å². The highest BCUT2D eigenvalue weighted by Crippen LogP contribution is 2.56. The predicted octanol–water partition coefficient (Wildman–Crippen LogP) is 0.127. The lowest BCUT2D eigenvalue weighted by Gasteiger charge is -2.56. The molecule has 10 nitrogen and oxygen atoms in total. The van der Waals surface area contributed by atoms with Crippen LogP contribution in [0, 0.1) is 23.7 Å². The van der Waals surface area contributed by atoms with Crippen molar-refractivity contribution in [3.05, 3.63) is 40.8 Å². The van der Waals surface area contributed by atoms with Crippen molar-refractivity contribution in [1.82, 2.24) is 4.90 Å². The van der Waals surface area contributed by atoms with E-state index in [-0.39, 0.29) is 11.3 Å². The van der Waals surface area contributed by atoms with Crippen molar-refractivity contribution in [3.8, 4) is 16.2 Å². The summed E-state index contributed by atoms with van der Waals surface area (Å²) in [5.41, 5.74) is 3.29. The summed E-state index contributed by atoms with van der Waals surface area (Å²) in [5, 5.41) is 35.9. The average Bonchev–Trinajstić information content (AvgIpc) is 3.36. The number of primary amides is 1. The van der Waals surface area contributed by atoms with Gasteiger partial charge in [0.05, 0.1) is 29.5 Å². The van der Waals surface area contributed by atoms with E-state index in [1.807, 2.05) is 17.5 Å². The summed E-state index contributed by atoms with van der Waals surface area (Å²) >= 11 is 1.41. The van der Waals surface area contributed by atoms with Crippen LogP contribution in [0.4, 0.5) is 0 Å². The number of carbonyl (C=O) groups is 5. The Morgan fingerprint density at radius 2 is 1.78 bits per heavy atom. The van der Waals surface area contributed by atoms with E-state index >= 15 is 0 Å². The number of likely N-dealkylation sites (N-methyl/N-ethyl adjacent to an activating group) is 1. The highest BCUT2D eigenvalue weighted by atomic mass is 32.1. The normalized spacial score (nSPS) is 35.2. The minimum atomic E-state index is -3.00. The van der Waals surface area contributed by atoms with E-state index < -0.39 is 76.4 Å². The van der Waals surface area contributed by atoms with Crippen LogP contribution in [0.3, 0.4) is 0 Å². The number of benzene rings is 1. The van der Waals surface area contributed by atoms with Gasteiger partial charge in [0.2, 0.25) is 5.91 Å². The van der Waals surface area contributed by atoms with Crippen LogP contribution in [0.25, 0.3) is 10.4 Å². The third-order valence-electron chi connectivity index (χ3n) is 8.25. The second kappa shape index (κ2) is 8.38. The molecule has 2 fully saturated rings. The largest absolute Gasteiger partial charge is 0.507 e. The Hall–Kier alpha value is -3.25. The molecule has 11 heteroatoms. The number of carbonyl (C=O) groups excluding carboxylic acids is 5. The van der Waals surface area contributed by atoms with Crippen molar-refractivity contribution < 1.29 is 39.3 Å². The molecule has 0 bridgehead atoms. The summed E-state index contributed by atoms with van der Waals surface area (Å²) in [6.07, 6.45) is -1.66. The molecule has 3 aliphatic carbocycles. The number of aliphatic hydroxyl groups excluding tert-OH is 1. The van der Waals surface area contributed by atoms with Gasteiger partial charge in [-0.05, 0) is 54.7 Å². The fourth-order valence-corrected chi connectivity index (χ4v) is 7.48. The third kappa shape index (κ3) is 3.18. The van der Waals surface area contributed by atoms with Gasteiger partial charge in [-0.2, -0.15) is 0 Å². The fraction of sp³-hybridized carbons (Fsp3) is 0.423. The van der Waals surface area contributed by atoms with Crippen LogP contribution < -0.4 is 5.73 Å². The summed E-state index contributed by atoms with van der Waals surface area (Å²) in [6, 6.07) is 5.27. The van der Waals surface area contributed by atoms with E-state index in [2.05, 4.69) is 0 Å². The zero-order valence-corrected chi connectivity index (χ0v) is 21.1. The lowest BCUT2D eigenvalue weighted by molar-refractivity contribution is -0.196. The van der Waals surface area contributed by atoms with Crippen LogP contribution >= 0.6 is 11.3 Å². The Morgan fingerprint density at radius 3 is 2.35 bits per heavy atom. The maximum absolute atomic E-state index is 13.9. The van der Waals surface area contributed by atoms with Crippen molar-refractivity contribution in [2.45, 2.75) is 30.6 Å². The van der Waals surface area contributed by atoms with Crippen LogP contribution in [-0.2, 0) is 19.2 Å². The van der Waals surface area contributed by atoms with Crippen LogP contribution in [0.15, 0.2) is 29.6 Å². The number of phenols is 1. The summed E-state index contributed by atoms with van der Waals surface area (Å²) in [7, 11) is 2.91. The van der Waals surface area contributed by atoms with Gasteiger partial charge in [-0.3, -0.25) is 28.9 Å². The molecule has 0 radical (unpaired) electrons. The van der Waals surface area contributed by atoms with Gasteiger partial charge in [0.15, 0.2) is 34.7 Å². The van der Waals surface area contributed by atoms with Gasteiger partial charge in [0.1, 0.15) is 5.75 Å². The number of nitrogens with zero attached hydrogens (tertiary/aromatic N) is 1. The van der Waals surface area contributed by atoms with Crippen LogP contribution in [0.1, 0.15) is 28.8 Å². The predicted molar refractivity (Wildman–Crippen MR) is 131 cm³/mol. The van der Waals surface area contributed by atoms with Crippen LogP contribution in [0.5, 0.6) is 5.75 Å². The Morgan fingerprint density at radius 1 is 1.11 bits per heavy atom. The van der Waals surface area contributed by atoms with Crippen molar-refractivity contribution >= 4 is 40.4 Å². The molecule has 8 atom stereocenters. The Kier molecular flexibility index (Phi) is 5.76. The molecule has 3 aliphatic rings. The van der Waals surface area contributed by atoms with E-state index in [9.17, 15) is 39.3 Å². The summed E-state index contributed by atoms with van der Waals surface area (Å²) in [5.74, 6) is -13.3. The van der Waals surface area contributed by atoms with Crippen molar-refractivity contribution in [2.24, 2.45) is 29.4 Å². The molecule has 0 saturated heterocycles. The van der Waals surface area contributed by atoms with Gasteiger partial charge in [0.25, 0.3) is 0 Å². The first-order valence-corrected chi connectivity index (χ1v) is 12.7. The van der Waals surface area contributed by atoms with E-state index in [1.165, 1.54) is 36.4 Å². The highest BCUT2D eigenvalue weighted by Gasteiger charge is 2.73. The lowest BCUT2D eigenvalue weighted by Crippen LogP contribution is -2.77. The molecule has 37 heavy (non-hydrogen) atoms. The summed E-state index contributed by atoms with van der Waals surface area (Å²) < 4.78 is 0. The minimum Gasteiger partial charge on any atom is -0.507 e. The maximum Gasteiger partial charge on any atom is 0.235 e. The molecule has 1 aromatic heterocycles. The molecule has 5 rings (SSSR count). The van der Waals surface area contributed by atoms with E-state index in [0.29, 0.717) is 11.1 Å². The quantitative estimate of drug-likeness (QED) is 0.405. The molecule has 0 aliphatic heterocycles. The van der Waals surface area contributed by atoms with E-state index in [0.717, 1.165) is 4.88 Å². The molecule has 2 aromatic rings. The van der Waals surface area contributed by atoms with Gasteiger partial charge >= 0.3 is 0 Å². The van der Waals surface area contributed by atoms with Crippen molar-refractivity contribution in [1.29, 1.82) is 0 Å². The smallest absolute Gasteiger partial charge is 0.235 e. The number of nitrogens with two attached hydrogens (primary N) is 1. The summed E-state index contributed by atoms with van der Waals surface area (Å²) in [6.45, 7) is 1.70. The molecule has 1 amide bonds. The SMILES string of the molecule is CC1c2c(-c3cccs3)ccc(O)c2C(=O)C2C(=O)C3(O)C(=O)C(C(N)=O)C(=O)C(N(C)C)C3C(O)C21. The van der Waals surface area contributed by atoms with Gasteiger partial charge in [-0.25, -0.2) is 0 Å². The summed E-state index contributed by atoms with van der Waals surface area (Å²) in [4.78, 5) is 68.6. The number of fused-ring (bicyclic) bond motifs is 3. The third-order valence-corrected chi connectivity index (χ3v) is 9.16. The number of phenolic OH excluding ortho intramolecular Hbond substituents is 1. The van der Waals surface area contributed by atoms with Gasteiger partial charge in [-0.15, -0.1) is 11.3 Å². The number of hydrogen-bond acceptors (Lipinski definition) is 10. The van der Waals surface area contributed by atoms with Gasteiger partial charge in [0, 0.05) is 10.8 Å². The number of thiophene rings is 1. The van der Waals surface area contributed by atoms with Gasteiger partial charge in [-0.1, -0.05) is 13.0 Å². The van der Waals surface area contributed by atoms with E-state index in [4.69, 9.17) is 5.73 Å². The number of Topliss-reactive ketones (excluding diaryl/α,β-unsaturated/α-hetero) is 4. The molecule has 2 saturated carbocycles. The second-order valence-corrected chi connectivity index (χ2v) is 11.2. The fourth-order valence-electron chi connectivity index (χ4n) is 6.72. The number of aliphatic hydroxyl groups is 2. The first-order valence-electron chi connectivity index (χ1n) is 11.8. The number of amides is 1. The monoisotopic (exact) mass is 526 g/mol. The number of aromatic hydroxyl groups is 1. The second-order valence-electron chi connectivity index (χ2n) is 10.3. The molecule has 1 heterocycles. The molecule has 194 valence electrons. The Balaban J connectivity index is 1.75. The number of hydrogen-bond donors (Lipinski definition) is 4. The molecule has 1 aromatic carbocycles. The molecule has 0 spiro atoms. The van der Waals surface area contributed by atoms with Crippen molar-refractivity contribution in [2.75, 3.05) is 14.1 Å². The average molecular weight is 527 g/mol. The first kappa shape index (κ1) is 25.4.